The number of piperazine rings is 1. The Morgan fingerprint density at radius 3 is 2.67 bits per heavy atom. The van der Waals surface area contributed by atoms with Gasteiger partial charge in [0.25, 0.3) is 6.47 Å². The largest absolute Gasteiger partial charge is 0.467 e. The smallest absolute Gasteiger partial charge is 0.293 e. The maximum atomic E-state index is 12.5. The van der Waals surface area contributed by atoms with E-state index in [4.69, 9.17) is 9.15 Å². The fourth-order valence-corrected chi connectivity index (χ4v) is 3.04. The quantitative estimate of drug-likeness (QED) is 0.612. The lowest BCUT2D eigenvalue weighted by Crippen LogP contribution is -2.44. The Balaban J connectivity index is 2.03. The monoisotopic (exact) mass is 330 g/mol. The van der Waals surface area contributed by atoms with Gasteiger partial charge in [0.15, 0.2) is 11.0 Å². The van der Waals surface area contributed by atoms with Gasteiger partial charge in [0.2, 0.25) is 0 Å². The van der Waals surface area contributed by atoms with Crippen LogP contribution in [0.1, 0.15) is 11.3 Å². The van der Waals surface area contributed by atoms with Crippen molar-refractivity contribution in [1.82, 2.24) is 4.90 Å². The predicted molar refractivity (Wildman–Crippen MR) is 92.7 cm³/mol. The number of aryl methyl sites for hydroxylation is 1. The molecule has 2 heterocycles. The van der Waals surface area contributed by atoms with Gasteiger partial charge in [0.1, 0.15) is 5.76 Å². The number of hydrogen-bond acceptors (Lipinski definition) is 6. The van der Waals surface area contributed by atoms with Crippen molar-refractivity contribution in [2.45, 2.75) is 13.3 Å². The van der Waals surface area contributed by atoms with Crippen LogP contribution in [0.5, 0.6) is 0 Å². The minimum atomic E-state index is -0.0589. The molecular formula is C18H22N2O4. The molecule has 6 nitrogen and oxygen atoms in total. The van der Waals surface area contributed by atoms with Crippen molar-refractivity contribution in [2.24, 2.45) is 0 Å². The number of benzene rings is 1. The molecule has 1 aliphatic rings. The first-order valence-electron chi connectivity index (χ1n) is 8.14. The van der Waals surface area contributed by atoms with Crippen LogP contribution < -0.4 is 10.3 Å². The highest BCUT2D eigenvalue weighted by molar-refractivity contribution is 5.90. The van der Waals surface area contributed by atoms with Gasteiger partial charge in [-0.3, -0.25) is 9.59 Å². The maximum Gasteiger partial charge on any atom is 0.293 e. The van der Waals surface area contributed by atoms with Crippen molar-refractivity contribution < 1.29 is 13.9 Å². The normalized spacial score (nSPS) is 15.7. The Labute approximate surface area is 140 Å². The molecule has 0 N–H and O–H groups in total. The van der Waals surface area contributed by atoms with Crippen LogP contribution >= 0.6 is 0 Å². The minimum absolute atomic E-state index is 0.0589. The Bertz CT molecular complexity index is 791. The number of carbonyl (C=O) groups excluding carboxylic acids is 1. The van der Waals surface area contributed by atoms with Gasteiger partial charge in [-0.2, -0.15) is 0 Å². The van der Waals surface area contributed by atoms with Crippen LogP contribution in [0.25, 0.3) is 11.0 Å². The molecule has 3 rings (SSSR count). The second kappa shape index (κ2) is 7.05. The van der Waals surface area contributed by atoms with E-state index >= 15 is 0 Å². The Morgan fingerprint density at radius 1 is 1.21 bits per heavy atom. The molecule has 0 radical (unpaired) electrons. The summed E-state index contributed by atoms with van der Waals surface area (Å²) in [6.07, 6.45) is 0.389. The zero-order valence-corrected chi connectivity index (χ0v) is 14.1. The van der Waals surface area contributed by atoms with Crippen LogP contribution in [0.15, 0.2) is 27.4 Å². The van der Waals surface area contributed by atoms with E-state index in [9.17, 15) is 9.59 Å². The topological polar surface area (TPSA) is 63.0 Å². The molecule has 1 fully saturated rings. The van der Waals surface area contributed by atoms with E-state index in [1.54, 1.807) is 0 Å². The third-order valence-corrected chi connectivity index (χ3v) is 4.38. The van der Waals surface area contributed by atoms with Crippen molar-refractivity contribution in [3.8, 4) is 0 Å². The zero-order valence-electron chi connectivity index (χ0n) is 14.1. The molecule has 0 spiro atoms. The summed E-state index contributed by atoms with van der Waals surface area (Å²) in [5.74, 6) is 0.536. The second-order valence-electron chi connectivity index (χ2n) is 6.25. The van der Waals surface area contributed by atoms with E-state index in [-0.39, 0.29) is 12.0 Å². The summed E-state index contributed by atoms with van der Waals surface area (Å²) in [5, 5.41) is 0.601. The first-order chi connectivity index (χ1) is 11.6. The maximum absolute atomic E-state index is 12.5. The Hall–Kier alpha value is -2.34. The second-order valence-corrected chi connectivity index (χ2v) is 6.25. The van der Waals surface area contributed by atoms with E-state index in [1.807, 2.05) is 13.0 Å². The van der Waals surface area contributed by atoms with Gasteiger partial charge in [0.05, 0.1) is 17.7 Å². The van der Waals surface area contributed by atoms with Crippen LogP contribution in [0.2, 0.25) is 0 Å². The molecule has 2 aromatic rings. The highest BCUT2D eigenvalue weighted by Gasteiger charge is 2.19. The SMILES string of the molecule is Cc1cc(N2CCN(C)CC2)c2oc(CCOC=O)cc(=O)c2c1. The number of likely N-dealkylation sites (N-methyl/N-ethyl adjacent to an activating group) is 1. The molecule has 6 heteroatoms. The summed E-state index contributed by atoms with van der Waals surface area (Å²) < 4.78 is 10.7. The summed E-state index contributed by atoms with van der Waals surface area (Å²) in [5.41, 5.74) is 2.57. The number of rotatable bonds is 5. The molecule has 0 bridgehead atoms. The average molecular weight is 330 g/mol. The van der Waals surface area contributed by atoms with Crippen molar-refractivity contribution in [2.75, 3.05) is 44.7 Å². The molecule has 24 heavy (non-hydrogen) atoms. The lowest BCUT2D eigenvalue weighted by atomic mass is 10.1. The standard InChI is InChI=1S/C18H22N2O4/c1-13-9-15-17(22)11-14(3-8-23-12-21)24-18(15)16(10-13)20-6-4-19(2)5-7-20/h9-12H,3-8H2,1-2H3. The lowest BCUT2D eigenvalue weighted by molar-refractivity contribution is -0.128. The van der Waals surface area contributed by atoms with Gasteiger partial charge in [-0.25, -0.2) is 0 Å². The summed E-state index contributed by atoms with van der Waals surface area (Å²) >= 11 is 0. The highest BCUT2D eigenvalue weighted by Crippen LogP contribution is 2.28. The van der Waals surface area contributed by atoms with Crippen molar-refractivity contribution in [3.05, 3.63) is 39.7 Å². The molecule has 1 saturated heterocycles. The fraction of sp³-hybridized carbons (Fsp3) is 0.444. The van der Waals surface area contributed by atoms with Crippen LogP contribution in [-0.4, -0.2) is 51.2 Å². The minimum Gasteiger partial charge on any atom is -0.467 e. The Kier molecular flexibility index (Phi) is 4.85. The number of ether oxygens (including phenoxy) is 1. The fourth-order valence-electron chi connectivity index (χ4n) is 3.04. The summed E-state index contributed by atoms with van der Waals surface area (Å²) in [4.78, 5) is 27.3. The van der Waals surface area contributed by atoms with E-state index in [0.29, 0.717) is 29.6 Å². The van der Waals surface area contributed by atoms with Crippen LogP contribution in [-0.2, 0) is 16.0 Å². The molecule has 1 aliphatic heterocycles. The van der Waals surface area contributed by atoms with Gasteiger partial charge in [-0.05, 0) is 31.7 Å². The van der Waals surface area contributed by atoms with Crippen molar-refractivity contribution in [3.63, 3.8) is 0 Å². The first-order valence-corrected chi connectivity index (χ1v) is 8.14. The van der Waals surface area contributed by atoms with Crippen LogP contribution in [0.3, 0.4) is 0 Å². The summed E-state index contributed by atoms with van der Waals surface area (Å²) in [6.45, 7) is 6.35. The molecular weight excluding hydrogens is 308 g/mol. The van der Waals surface area contributed by atoms with Crippen molar-refractivity contribution in [1.29, 1.82) is 0 Å². The van der Waals surface area contributed by atoms with Crippen LogP contribution in [0.4, 0.5) is 5.69 Å². The molecule has 0 saturated carbocycles. The lowest BCUT2D eigenvalue weighted by Gasteiger charge is -2.34. The van der Waals surface area contributed by atoms with E-state index < -0.39 is 0 Å². The first kappa shape index (κ1) is 16.5. The third-order valence-electron chi connectivity index (χ3n) is 4.38. The average Bonchev–Trinajstić information content (AvgIpc) is 2.56. The zero-order chi connectivity index (χ0) is 17.1. The van der Waals surface area contributed by atoms with E-state index in [1.165, 1.54) is 6.07 Å². The van der Waals surface area contributed by atoms with Gasteiger partial charge >= 0.3 is 0 Å². The Morgan fingerprint density at radius 2 is 1.96 bits per heavy atom. The van der Waals surface area contributed by atoms with Gasteiger partial charge in [-0.15, -0.1) is 0 Å². The summed E-state index contributed by atoms with van der Waals surface area (Å²) in [6, 6.07) is 5.43. The molecule has 0 amide bonds. The third kappa shape index (κ3) is 3.43. The van der Waals surface area contributed by atoms with E-state index in [2.05, 4.69) is 22.9 Å². The molecule has 0 aliphatic carbocycles. The molecule has 0 atom stereocenters. The molecule has 1 aromatic carbocycles. The molecule has 0 unspecified atom stereocenters. The predicted octanol–water partition coefficient (Wildman–Crippen LogP) is 1.57. The number of carbonyl (C=O) groups is 1. The van der Waals surface area contributed by atoms with Gasteiger partial charge < -0.3 is 19.0 Å². The molecule has 128 valence electrons. The van der Waals surface area contributed by atoms with E-state index in [0.717, 1.165) is 37.4 Å². The van der Waals surface area contributed by atoms with Gasteiger partial charge in [-0.1, -0.05) is 0 Å². The number of anilines is 1. The highest BCUT2D eigenvalue weighted by atomic mass is 16.5. The number of hydrogen-bond donors (Lipinski definition) is 0. The molecule has 1 aromatic heterocycles. The number of fused-ring (bicyclic) bond motifs is 1. The number of nitrogens with zero attached hydrogens (tertiary/aromatic N) is 2. The van der Waals surface area contributed by atoms with Crippen LogP contribution in [0, 0.1) is 6.92 Å². The van der Waals surface area contributed by atoms with Crippen molar-refractivity contribution >= 4 is 23.1 Å². The van der Waals surface area contributed by atoms with Gasteiger partial charge in [0, 0.05) is 38.7 Å². The summed E-state index contributed by atoms with van der Waals surface area (Å²) in [7, 11) is 2.11.